The minimum absolute atomic E-state index is 0.103. The van der Waals surface area contributed by atoms with Crippen LogP contribution < -0.4 is 15.4 Å². The standard InChI is InChI=1S/C18H29ClF2N4O/c1-4-25(5-2)11-7-6-10-23-18(22-3)24-13-14-12-15(19)8-9-16(14)26-17(20)21/h8-9,12,17H,4-7,10-11,13H2,1-3H3,(H2,22,23,24). The molecule has 0 saturated carbocycles. The van der Waals surface area contributed by atoms with Crippen LogP contribution in [0.1, 0.15) is 32.3 Å². The summed E-state index contributed by atoms with van der Waals surface area (Å²) in [5, 5.41) is 6.78. The van der Waals surface area contributed by atoms with Crippen molar-refractivity contribution in [2.45, 2.75) is 39.8 Å². The summed E-state index contributed by atoms with van der Waals surface area (Å²) in [4.78, 5) is 6.53. The van der Waals surface area contributed by atoms with Crippen LogP contribution in [0.3, 0.4) is 0 Å². The Morgan fingerprint density at radius 3 is 2.58 bits per heavy atom. The van der Waals surface area contributed by atoms with Crippen molar-refractivity contribution in [1.82, 2.24) is 15.5 Å². The van der Waals surface area contributed by atoms with Gasteiger partial charge in [-0.25, -0.2) is 0 Å². The topological polar surface area (TPSA) is 48.9 Å². The number of hydrogen-bond donors (Lipinski definition) is 2. The van der Waals surface area contributed by atoms with Gasteiger partial charge in [-0.1, -0.05) is 25.4 Å². The number of halogens is 3. The van der Waals surface area contributed by atoms with Crippen LogP contribution in [0.5, 0.6) is 5.75 Å². The summed E-state index contributed by atoms with van der Waals surface area (Å²) in [6.45, 7) is 5.73. The number of ether oxygens (including phenoxy) is 1. The lowest BCUT2D eigenvalue weighted by Gasteiger charge is -2.18. The molecular formula is C18H29ClF2N4O. The van der Waals surface area contributed by atoms with E-state index in [0.717, 1.165) is 39.0 Å². The zero-order chi connectivity index (χ0) is 19.4. The van der Waals surface area contributed by atoms with Gasteiger partial charge in [0.15, 0.2) is 5.96 Å². The number of benzene rings is 1. The number of aliphatic imine (C=N–C) groups is 1. The molecule has 0 unspecified atom stereocenters. The first-order valence-electron chi connectivity index (χ1n) is 8.90. The number of rotatable bonds is 11. The highest BCUT2D eigenvalue weighted by Gasteiger charge is 2.11. The van der Waals surface area contributed by atoms with Gasteiger partial charge in [0.2, 0.25) is 0 Å². The molecule has 1 aromatic rings. The van der Waals surface area contributed by atoms with Crippen molar-refractivity contribution in [3.63, 3.8) is 0 Å². The largest absolute Gasteiger partial charge is 0.434 e. The van der Waals surface area contributed by atoms with E-state index in [-0.39, 0.29) is 12.3 Å². The maximum Gasteiger partial charge on any atom is 0.387 e. The van der Waals surface area contributed by atoms with Crippen molar-refractivity contribution in [1.29, 1.82) is 0 Å². The second kappa shape index (κ2) is 12.7. The second-order valence-corrected chi connectivity index (χ2v) is 6.15. The molecule has 8 heteroatoms. The molecule has 0 bridgehead atoms. The van der Waals surface area contributed by atoms with Gasteiger partial charge >= 0.3 is 6.61 Å². The molecule has 0 aromatic heterocycles. The fourth-order valence-corrected chi connectivity index (χ4v) is 2.70. The summed E-state index contributed by atoms with van der Waals surface area (Å²) >= 11 is 5.95. The highest BCUT2D eigenvalue weighted by Crippen LogP contribution is 2.24. The Kier molecular flexibility index (Phi) is 11.0. The van der Waals surface area contributed by atoms with E-state index in [1.165, 1.54) is 12.1 Å². The van der Waals surface area contributed by atoms with Gasteiger partial charge in [-0.3, -0.25) is 4.99 Å². The number of unbranched alkanes of at least 4 members (excludes halogenated alkanes) is 1. The van der Waals surface area contributed by atoms with Crippen LogP contribution in [0, 0.1) is 0 Å². The maximum absolute atomic E-state index is 12.5. The first kappa shape index (κ1) is 22.4. The normalized spacial score (nSPS) is 11.9. The van der Waals surface area contributed by atoms with E-state index in [9.17, 15) is 8.78 Å². The van der Waals surface area contributed by atoms with Crippen LogP contribution in [0.25, 0.3) is 0 Å². The predicted molar refractivity (Wildman–Crippen MR) is 103 cm³/mol. The monoisotopic (exact) mass is 390 g/mol. The summed E-state index contributed by atoms with van der Waals surface area (Å²) in [5.41, 5.74) is 0.544. The number of alkyl halides is 2. The lowest BCUT2D eigenvalue weighted by molar-refractivity contribution is -0.0504. The van der Waals surface area contributed by atoms with E-state index in [0.29, 0.717) is 16.5 Å². The minimum Gasteiger partial charge on any atom is -0.434 e. The Morgan fingerprint density at radius 1 is 1.23 bits per heavy atom. The van der Waals surface area contributed by atoms with Crippen molar-refractivity contribution in [3.8, 4) is 5.75 Å². The molecule has 0 aliphatic heterocycles. The second-order valence-electron chi connectivity index (χ2n) is 5.72. The molecule has 0 saturated heterocycles. The Hall–Kier alpha value is -1.60. The molecular weight excluding hydrogens is 362 g/mol. The number of nitrogens with one attached hydrogen (secondary N) is 2. The van der Waals surface area contributed by atoms with E-state index in [1.54, 1.807) is 13.1 Å². The number of nitrogens with zero attached hydrogens (tertiary/aromatic N) is 2. The van der Waals surface area contributed by atoms with Gasteiger partial charge in [0.25, 0.3) is 0 Å². The smallest absolute Gasteiger partial charge is 0.387 e. The van der Waals surface area contributed by atoms with Crippen LogP contribution in [0.2, 0.25) is 5.02 Å². The maximum atomic E-state index is 12.5. The van der Waals surface area contributed by atoms with Crippen molar-refractivity contribution in [3.05, 3.63) is 28.8 Å². The van der Waals surface area contributed by atoms with Crippen LogP contribution in [0.15, 0.2) is 23.2 Å². The zero-order valence-electron chi connectivity index (χ0n) is 15.7. The average molecular weight is 391 g/mol. The summed E-state index contributed by atoms with van der Waals surface area (Å²) in [7, 11) is 1.67. The molecule has 0 aliphatic carbocycles. The van der Waals surface area contributed by atoms with Crippen LogP contribution in [-0.4, -0.2) is 50.7 Å². The Morgan fingerprint density at radius 2 is 1.96 bits per heavy atom. The molecule has 1 aromatic carbocycles. The Balaban J connectivity index is 2.43. The molecule has 0 atom stereocenters. The number of guanidine groups is 1. The van der Waals surface area contributed by atoms with E-state index >= 15 is 0 Å². The third-order valence-corrected chi connectivity index (χ3v) is 4.23. The predicted octanol–water partition coefficient (Wildman–Crippen LogP) is 3.73. The van der Waals surface area contributed by atoms with Crippen molar-refractivity contribution in [2.75, 3.05) is 33.2 Å². The third kappa shape index (κ3) is 8.67. The highest BCUT2D eigenvalue weighted by atomic mass is 35.5. The van der Waals surface area contributed by atoms with Gasteiger partial charge in [-0.2, -0.15) is 8.78 Å². The average Bonchev–Trinajstić information content (AvgIpc) is 2.62. The molecule has 0 spiro atoms. The zero-order valence-corrected chi connectivity index (χ0v) is 16.5. The molecule has 5 nitrogen and oxygen atoms in total. The van der Waals surface area contributed by atoms with Gasteiger partial charge in [0.05, 0.1) is 0 Å². The van der Waals surface area contributed by atoms with E-state index in [4.69, 9.17) is 11.6 Å². The molecule has 26 heavy (non-hydrogen) atoms. The highest BCUT2D eigenvalue weighted by molar-refractivity contribution is 6.30. The van der Waals surface area contributed by atoms with E-state index in [1.807, 2.05) is 0 Å². The Bertz CT molecular complexity index is 554. The summed E-state index contributed by atoms with van der Waals surface area (Å²) in [6.07, 6.45) is 2.13. The van der Waals surface area contributed by atoms with Gasteiger partial charge in [-0.15, -0.1) is 0 Å². The molecule has 1 rings (SSSR count). The van der Waals surface area contributed by atoms with Crippen LogP contribution in [-0.2, 0) is 6.54 Å². The molecule has 0 amide bonds. The first-order valence-corrected chi connectivity index (χ1v) is 9.28. The van der Waals surface area contributed by atoms with Crippen molar-refractivity contribution >= 4 is 17.6 Å². The number of hydrogen-bond acceptors (Lipinski definition) is 3. The third-order valence-electron chi connectivity index (χ3n) is 4.00. The lowest BCUT2D eigenvalue weighted by Crippen LogP contribution is -2.37. The SMILES string of the molecule is CCN(CC)CCCCNC(=NC)NCc1cc(Cl)ccc1OC(F)F. The van der Waals surface area contributed by atoms with Gasteiger partial charge in [-0.05, 0) is 50.7 Å². The van der Waals surface area contributed by atoms with Crippen molar-refractivity contribution in [2.24, 2.45) is 4.99 Å². The lowest BCUT2D eigenvalue weighted by atomic mass is 10.2. The summed E-state index contributed by atoms with van der Waals surface area (Å²) in [6, 6.07) is 4.56. The molecule has 0 fully saturated rings. The summed E-state index contributed by atoms with van der Waals surface area (Å²) < 4.78 is 29.5. The van der Waals surface area contributed by atoms with E-state index in [2.05, 4.69) is 39.1 Å². The fourth-order valence-electron chi connectivity index (χ4n) is 2.50. The van der Waals surface area contributed by atoms with Crippen molar-refractivity contribution < 1.29 is 13.5 Å². The van der Waals surface area contributed by atoms with Gasteiger partial charge < -0.3 is 20.3 Å². The molecule has 148 valence electrons. The van der Waals surface area contributed by atoms with E-state index < -0.39 is 6.61 Å². The summed E-state index contributed by atoms with van der Waals surface area (Å²) in [5.74, 6) is 0.711. The van der Waals surface area contributed by atoms with Gasteiger partial charge in [0.1, 0.15) is 5.75 Å². The fraction of sp³-hybridized carbons (Fsp3) is 0.611. The van der Waals surface area contributed by atoms with Crippen LogP contribution >= 0.6 is 11.6 Å². The quantitative estimate of drug-likeness (QED) is 0.343. The molecule has 0 heterocycles. The van der Waals surface area contributed by atoms with Crippen LogP contribution in [0.4, 0.5) is 8.78 Å². The molecule has 0 aliphatic rings. The first-order chi connectivity index (χ1) is 12.5. The Labute approximate surface area is 159 Å². The molecule has 2 N–H and O–H groups in total. The molecule has 0 radical (unpaired) electrons. The van der Waals surface area contributed by atoms with Gasteiger partial charge in [0, 0.05) is 30.7 Å². The minimum atomic E-state index is -2.88.